The van der Waals surface area contributed by atoms with Crippen LogP contribution in [0.2, 0.25) is 0 Å². The van der Waals surface area contributed by atoms with Crippen molar-refractivity contribution in [2.45, 2.75) is 70.9 Å². The summed E-state index contributed by atoms with van der Waals surface area (Å²) in [6, 6.07) is 0.182. The van der Waals surface area contributed by atoms with Gasteiger partial charge in [0.25, 0.3) is 0 Å². The number of nitrogens with zero attached hydrogens (tertiary/aromatic N) is 1. The van der Waals surface area contributed by atoms with Gasteiger partial charge >= 0.3 is 0 Å². The van der Waals surface area contributed by atoms with Gasteiger partial charge in [0, 0.05) is 32.6 Å². The van der Waals surface area contributed by atoms with Crippen molar-refractivity contribution in [3.8, 4) is 0 Å². The Balaban J connectivity index is 2.08. The molecule has 1 amide bonds. The Hall–Kier alpha value is -1.30. The maximum Gasteiger partial charge on any atom is 0.221 e. The number of carbonyl (C=O) groups is 1. The van der Waals surface area contributed by atoms with Crippen molar-refractivity contribution in [1.82, 2.24) is 16.0 Å². The summed E-state index contributed by atoms with van der Waals surface area (Å²) in [5.74, 6) is 0.770. The van der Waals surface area contributed by atoms with Crippen molar-refractivity contribution in [2.24, 2.45) is 4.99 Å². The van der Waals surface area contributed by atoms with E-state index in [1.165, 1.54) is 38.5 Å². The topological polar surface area (TPSA) is 74.8 Å². The molecule has 0 heterocycles. The molecular weight excluding hydrogens is 292 g/mol. The number of hydrogen-bond acceptors (Lipinski definition) is 3. The molecule has 1 aliphatic carbocycles. The highest BCUT2D eigenvalue weighted by Gasteiger charge is 2.12. The second-order valence-electron chi connectivity index (χ2n) is 6.38. The van der Waals surface area contributed by atoms with Crippen LogP contribution in [-0.2, 0) is 9.53 Å². The molecule has 0 bridgehead atoms. The summed E-state index contributed by atoms with van der Waals surface area (Å²) in [4.78, 5) is 15.7. The molecule has 6 nitrogen and oxygen atoms in total. The Kier molecular flexibility index (Phi) is 10.4. The molecular formula is C17H34N4O2. The lowest BCUT2D eigenvalue weighted by molar-refractivity contribution is -0.121. The number of ether oxygens (including phenoxy) is 1. The van der Waals surface area contributed by atoms with Crippen LogP contribution in [0.15, 0.2) is 4.99 Å². The quantitative estimate of drug-likeness (QED) is 0.275. The number of aliphatic imine (C=N–C) groups is 1. The summed E-state index contributed by atoms with van der Waals surface area (Å²) in [6.07, 6.45) is 8.53. The fourth-order valence-corrected chi connectivity index (χ4v) is 2.71. The third kappa shape index (κ3) is 10.2. The van der Waals surface area contributed by atoms with Crippen LogP contribution < -0.4 is 16.0 Å². The maximum atomic E-state index is 11.6. The van der Waals surface area contributed by atoms with E-state index in [0.717, 1.165) is 6.54 Å². The van der Waals surface area contributed by atoms with E-state index in [4.69, 9.17) is 4.74 Å². The van der Waals surface area contributed by atoms with Gasteiger partial charge in [-0.3, -0.25) is 9.79 Å². The van der Waals surface area contributed by atoms with Gasteiger partial charge in [-0.2, -0.15) is 0 Å². The van der Waals surface area contributed by atoms with Gasteiger partial charge < -0.3 is 20.7 Å². The van der Waals surface area contributed by atoms with Gasteiger partial charge in [0.05, 0.1) is 12.7 Å². The molecule has 1 rings (SSSR count). The smallest absolute Gasteiger partial charge is 0.221 e. The molecule has 134 valence electrons. The van der Waals surface area contributed by atoms with E-state index in [-0.39, 0.29) is 11.9 Å². The molecule has 3 N–H and O–H groups in total. The van der Waals surface area contributed by atoms with Crippen LogP contribution in [0.3, 0.4) is 0 Å². The number of carbonyl (C=O) groups excluding carboxylic acids is 1. The zero-order chi connectivity index (χ0) is 16.9. The Labute approximate surface area is 140 Å². The van der Waals surface area contributed by atoms with E-state index in [0.29, 0.717) is 31.6 Å². The third-order valence-corrected chi connectivity index (χ3v) is 3.87. The molecule has 0 aliphatic heterocycles. The molecule has 0 aromatic carbocycles. The molecule has 0 aromatic heterocycles. The van der Waals surface area contributed by atoms with Gasteiger partial charge in [-0.15, -0.1) is 0 Å². The van der Waals surface area contributed by atoms with Crippen LogP contribution in [0.25, 0.3) is 0 Å². The molecule has 1 fully saturated rings. The number of hydrogen-bond donors (Lipinski definition) is 3. The molecule has 0 aromatic rings. The molecule has 23 heavy (non-hydrogen) atoms. The average molecular weight is 326 g/mol. The van der Waals surface area contributed by atoms with E-state index in [1.807, 2.05) is 13.8 Å². The highest BCUT2D eigenvalue weighted by molar-refractivity contribution is 5.81. The summed E-state index contributed by atoms with van der Waals surface area (Å²) < 4.78 is 5.93. The Morgan fingerprint density at radius 1 is 1.13 bits per heavy atom. The van der Waals surface area contributed by atoms with Gasteiger partial charge in [-0.25, -0.2) is 0 Å². The first-order chi connectivity index (χ1) is 11.1. The molecule has 6 heteroatoms. The average Bonchev–Trinajstić information content (AvgIpc) is 2.77. The fraction of sp³-hybridized carbons (Fsp3) is 0.882. The zero-order valence-corrected chi connectivity index (χ0v) is 15.0. The summed E-state index contributed by atoms with van der Waals surface area (Å²) in [6.45, 7) is 5.91. The predicted octanol–water partition coefficient (Wildman–Crippen LogP) is 1.81. The normalized spacial score (nSPS) is 17.0. The number of nitrogens with one attached hydrogen (secondary N) is 3. The van der Waals surface area contributed by atoms with E-state index in [9.17, 15) is 4.79 Å². The van der Waals surface area contributed by atoms with Gasteiger partial charge in [0.1, 0.15) is 0 Å². The first-order valence-electron chi connectivity index (χ1n) is 8.97. The fourth-order valence-electron chi connectivity index (χ4n) is 2.71. The molecule has 0 unspecified atom stereocenters. The van der Waals surface area contributed by atoms with Crippen molar-refractivity contribution in [3.05, 3.63) is 0 Å². The lowest BCUT2D eigenvalue weighted by Crippen LogP contribution is -2.41. The lowest BCUT2D eigenvalue weighted by atomic mass is 10.1. The summed E-state index contributed by atoms with van der Waals surface area (Å²) in [5, 5.41) is 9.23. The molecule has 0 atom stereocenters. The summed E-state index contributed by atoms with van der Waals surface area (Å²) in [5.41, 5.74) is 0. The minimum absolute atomic E-state index is 0.0552. The van der Waals surface area contributed by atoms with Crippen molar-refractivity contribution in [1.29, 1.82) is 0 Å². The largest absolute Gasteiger partial charge is 0.376 e. The molecule has 0 saturated heterocycles. The molecule has 0 radical (unpaired) electrons. The molecule has 1 saturated carbocycles. The van der Waals surface area contributed by atoms with E-state index >= 15 is 0 Å². The monoisotopic (exact) mass is 326 g/mol. The van der Waals surface area contributed by atoms with Crippen molar-refractivity contribution >= 4 is 11.9 Å². The van der Waals surface area contributed by atoms with E-state index in [1.54, 1.807) is 7.05 Å². The predicted molar refractivity (Wildman–Crippen MR) is 94.7 cm³/mol. The van der Waals surface area contributed by atoms with Gasteiger partial charge in [-0.1, -0.05) is 25.7 Å². The van der Waals surface area contributed by atoms with Crippen LogP contribution in [0.1, 0.15) is 58.8 Å². The van der Waals surface area contributed by atoms with Crippen molar-refractivity contribution in [2.75, 3.05) is 26.7 Å². The van der Waals surface area contributed by atoms with E-state index in [2.05, 4.69) is 20.9 Å². The lowest BCUT2D eigenvalue weighted by Gasteiger charge is -2.17. The number of rotatable bonds is 8. The highest BCUT2D eigenvalue weighted by Crippen LogP contribution is 2.19. The highest BCUT2D eigenvalue weighted by atomic mass is 16.5. The van der Waals surface area contributed by atoms with Gasteiger partial charge in [-0.05, 0) is 26.7 Å². The standard InChI is InChI=1S/C17H34N4O2/c1-14(2)21-16(22)10-11-19-17(18-3)20-12-13-23-15-8-6-4-5-7-9-15/h14-15H,4-13H2,1-3H3,(H,21,22)(H2,18,19,20). The number of guanidine groups is 1. The van der Waals surface area contributed by atoms with Crippen LogP contribution in [0, 0.1) is 0 Å². The Bertz CT molecular complexity index is 351. The number of amides is 1. The van der Waals surface area contributed by atoms with E-state index < -0.39 is 0 Å². The zero-order valence-electron chi connectivity index (χ0n) is 15.0. The second-order valence-corrected chi connectivity index (χ2v) is 6.38. The summed E-state index contributed by atoms with van der Waals surface area (Å²) >= 11 is 0. The van der Waals surface area contributed by atoms with Crippen LogP contribution in [0.5, 0.6) is 0 Å². The minimum Gasteiger partial charge on any atom is -0.376 e. The second kappa shape index (κ2) is 12.2. The minimum atomic E-state index is 0.0552. The maximum absolute atomic E-state index is 11.6. The van der Waals surface area contributed by atoms with Gasteiger partial charge in [0.15, 0.2) is 5.96 Å². The first-order valence-corrected chi connectivity index (χ1v) is 8.97. The molecule has 1 aliphatic rings. The van der Waals surface area contributed by atoms with Crippen LogP contribution in [0.4, 0.5) is 0 Å². The third-order valence-electron chi connectivity index (χ3n) is 3.87. The van der Waals surface area contributed by atoms with Crippen LogP contribution >= 0.6 is 0 Å². The van der Waals surface area contributed by atoms with Crippen LogP contribution in [-0.4, -0.2) is 50.8 Å². The first kappa shape index (κ1) is 19.7. The van der Waals surface area contributed by atoms with Gasteiger partial charge in [0.2, 0.25) is 5.91 Å². The molecule has 0 spiro atoms. The Morgan fingerprint density at radius 2 is 1.78 bits per heavy atom. The van der Waals surface area contributed by atoms with Crippen molar-refractivity contribution < 1.29 is 9.53 Å². The van der Waals surface area contributed by atoms with Crippen molar-refractivity contribution in [3.63, 3.8) is 0 Å². The Morgan fingerprint density at radius 3 is 2.39 bits per heavy atom. The summed E-state index contributed by atoms with van der Waals surface area (Å²) in [7, 11) is 1.73. The SMILES string of the molecule is CN=C(NCCOC1CCCCCC1)NCCC(=O)NC(C)C.